The molecule has 0 aliphatic carbocycles. The minimum Gasteiger partial charge on any atom is -0.451 e. The van der Waals surface area contributed by atoms with E-state index < -0.39 is 5.91 Å². The van der Waals surface area contributed by atoms with E-state index in [9.17, 15) is 14.4 Å². The van der Waals surface area contributed by atoms with Gasteiger partial charge in [0.25, 0.3) is 11.8 Å². The predicted octanol–water partition coefficient (Wildman–Crippen LogP) is 2.31. The molecule has 2 aromatic heterocycles. The topological polar surface area (TPSA) is 91.7 Å². The number of carbonyl (C=O) groups is 2. The molecule has 0 fully saturated rings. The van der Waals surface area contributed by atoms with Gasteiger partial charge >= 0.3 is 0 Å². The van der Waals surface area contributed by atoms with E-state index in [1.807, 2.05) is 0 Å². The number of carbonyl (C=O) groups excluding carboxylic acids is 2. The smallest absolute Gasteiger partial charge is 0.292 e. The van der Waals surface area contributed by atoms with Crippen molar-refractivity contribution in [2.45, 2.75) is 0 Å². The van der Waals surface area contributed by atoms with Gasteiger partial charge in [0.1, 0.15) is 10.6 Å². The van der Waals surface area contributed by atoms with Gasteiger partial charge in [0.05, 0.1) is 10.9 Å². The Balaban J connectivity index is 1.88. The number of nitrogens with zero attached hydrogens (tertiary/aromatic N) is 1. The molecule has 3 aromatic rings. The van der Waals surface area contributed by atoms with Gasteiger partial charge in [0.15, 0.2) is 11.2 Å². The monoisotopic (exact) mass is 357 g/mol. The van der Waals surface area contributed by atoms with Crippen LogP contribution in [0.4, 0.5) is 5.00 Å². The van der Waals surface area contributed by atoms with Crippen molar-refractivity contribution in [3.05, 3.63) is 63.3 Å². The second-order valence-electron chi connectivity index (χ2n) is 5.42. The molecule has 0 saturated carbocycles. The van der Waals surface area contributed by atoms with Crippen molar-refractivity contribution in [1.29, 1.82) is 0 Å². The normalized spacial score (nSPS) is 10.8. The van der Waals surface area contributed by atoms with Crippen LogP contribution in [0.5, 0.6) is 0 Å². The Hall–Kier alpha value is -2.97. The lowest BCUT2D eigenvalue weighted by Gasteiger charge is -2.12. The highest BCUT2D eigenvalue weighted by Gasteiger charge is 2.18. The van der Waals surface area contributed by atoms with E-state index in [1.165, 1.54) is 16.3 Å². The molecule has 2 heterocycles. The lowest BCUT2D eigenvalue weighted by Crippen LogP contribution is -2.36. The molecule has 7 nitrogen and oxygen atoms in total. The molecule has 0 atom stereocenters. The van der Waals surface area contributed by atoms with E-state index in [1.54, 1.807) is 49.8 Å². The summed E-state index contributed by atoms with van der Waals surface area (Å²) in [5, 5.41) is 6.60. The van der Waals surface area contributed by atoms with Crippen molar-refractivity contribution in [3.63, 3.8) is 0 Å². The number of amides is 2. The number of thiophene rings is 1. The Bertz CT molecular complexity index is 1010. The van der Waals surface area contributed by atoms with Gasteiger partial charge in [-0.05, 0) is 23.6 Å². The molecule has 2 N–H and O–H groups in total. The molecule has 0 spiro atoms. The van der Waals surface area contributed by atoms with E-state index in [2.05, 4.69) is 10.7 Å². The summed E-state index contributed by atoms with van der Waals surface area (Å²) in [5.74, 6) is -1.05. The molecule has 8 heteroatoms. The van der Waals surface area contributed by atoms with Crippen LogP contribution in [0, 0.1) is 0 Å². The fourth-order valence-electron chi connectivity index (χ4n) is 2.23. The molecule has 128 valence electrons. The minimum atomic E-state index is -0.593. The summed E-state index contributed by atoms with van der Waals surface area (Å²) < 4.78 is 5.50. The first-order chi connectivity index (χ1) is 12.0. The fraction of sp³-hybridized carbons (Fsp3) is 0.118. The third kappa shape index (κ3) is 3.59. The molecule has 1 aromatic carbocycles. The zero-order valence-electron chi connectivity index (χ0n) is 13.5. The van der Waals surface area contributed by atoms with Gasteiger partial charge in [-0.2, -0.15) is 0 Å². The van der Waals surface area contributed by atoms with E-state index in [0.29, 0.717) is 21.5 Å². The molecule has 0 aliphatic rings. The van der Waals surface area contributed by atoms with Crippen LogP contribution in [0.25, 0.3) is 11.0 Å². The predicted molar refractivity (Wildman–Crippen MR) is 95.9 cm³/mol. The van der Waals surface area contributed by atoms with Crippen LogP contribution in [-0.2, 0) is 0 Å². The van der Waals surface area contributed by atoms with Crippen LogP contribution >= 0.6 is 11.3 Å². The molecule has 3 rings (SSSR count). The first-order valence-corrected chi connectivity index (χ1v) is 8.23. The standard InChI is InChI=1S/C17H15N3O4S/c1-20(2)19-15(22)11-7-8-25-17(11)18-16(23)14-9-12(21)10-5-3-4-6-13(10)24-14/h3-9H,1-2H3,(H,18,23)(H,19,22). The second kappa shape index (κ2) is 6.88. The summed E-state index contributed by atoms with van der Waals surface area (Å²) in [4.78, 5) is 36.6. The highest BCUT2D eigenvalue weighted by molar-refractivity contribution is 7.14. The fourth-order valence-corrected chi connectivity index (χ4v) is 3.01. The second-order valence-corrected chi connectivity index (χ2v) is 6.34. The summed E-state index contributed by atoms with van der Waals surface area (Å²) >= 11 is 1.20. The maximum atomic E-state index is 12.4. The van der Waals surface area contributed by atoms with Gasteiger partial charge in [-0.25, -0.2) is 5.01 Å². The van der Waals surface area contributed by atoms with Crippen LogP contribution in [0.15, 0.2) is 51.0 Å². The molecule has 0 unspecified atom stereocenters. The van der Waals surface area contributed by atoms with Crippen LogP contribution < -0.4 is 16.2 Å². The zero-order valence-corrected chi connectivity index (χ0v) is 14.3. The number of hydrazine groups is 1. The Kier molecular flexibility index (Phi) is 4.64. The van der Waals surface area contributed by atoms with Crippen LogP contribution in [0.3, 0.4) is 0 Å². The number of nitrogens with one attached hydrogen (secondary N) is 2. The number of para-hydroxylation sites is 1. The Labute approximate surface area is 146 Å². The van der Waals surface area contributed by atoms with Crippen LogP contribution in [0.1, 0.15) is 20.9 Å². The van der Waals surface area contributed by atoms with Gasteiger partial charge in [-0.15, -0.1) is 11.3 Å². The first kappa shape index (κ1) is 16.9. The molecule has 0 radical (unpaired) electrons. The van der Waals surface area contributed by atoms with Crippen molar-refractivity contribution in [3.8, 4) is 0 Å². The van der Waals surface area contributed by atoms with E-state index >= 15 is 0 Å². The molecule has 2 amide bonds. The first-order valence-electron chi connectivity index (χ1n) is 7.36. The SMILES string of the molecule is CN(C)NC(=O)c1ccsc1NC(=O)c1cc(=O)c2ccccc2o1. The summed E-state index contributed by atoms with van der Waals surface area (Å²) in [6, 6.07) is 9.44. The van der Waals surface area contributed by atoms with Crippen molar-refractivity contribution in [2.24, 2.45) is 0 Å². The summed E-state index contributed by atoms with van der Waals surface area (Å²) in [5.41, 5.74) is 2.97. The highest BCUT2D eigenvalue weighted by Crippen LogP contribution is 2.24. The van der Waals surface area contributed by atoms with Gasteiger partial charge in [0.2, 0.25) is 0 Å². The maximum absolute atomic E-state index is 12.4. The van der Waals surface area contributed by atoms with Crippen molar-refractivity contribution in [2.75, 3.05) is 19.4 Å². The molecular formula is C17H15N3O4S. The van der Waals surface area contributed by atoms with Gasteiger partial charge < -0.3 is 9.73 Å². The van der Waals surface area contributed by atoms with E-state index in [-0.39, 0.29) is 17.1 Å². The lowest BCUT2D eigenvalue weighted by molar-refractivity contribution is 0.0858. The number of hydrogen-bond acceptors (Lipinski definition) is 6. The van der Waals surface area contributed by atoms with Gasteiger partial charge in [-0.3, -0.25) is 19.8 Å². The quantitative estimate of drug-likeness (QED) is 0.699. The molecular weight excluding hydrogens is 342 g/mol. The van der Waals surface area contributed by atoms with Gasteiger partial charge in [0, 0.05) is 20.2 Å². The average Bonchev–Trinajstić information content (AvgIpc) is 3.02. The van der Waals surface area contributed by atoms with E-state index in [0.717, 1.165) is 6.07 Å². The van der Waals surface area contributed by atoms with Gasteiger partial charge in [-0.1, -0.05) is 12.1 Å². The minimum absolute atomic E-state index is 0.115. The average molecular weight is 357 g/mol. The number of fused-ring (bicyclic) bond motifs is 1. The molecule has 0 bridgehead atoms. The van der Waals surface area contributed by atoms with Crippen molar-refractivity contribution >= 4 is 39.1 Å². The third-order valence-electron chi connectivity index (χ3n) is 3.32. The number of rotatable bonds is 4. The molecule has 0 aliphatic heterocycles. The lowest BCUT2D eigenvalue weighted by atomic mass is 10.2. The number of benzene rings is 1. The summed E-state index contributed by atoms with van der Waals surface area (Å²) in [6.07, 6.45) is 0. The largest absolute Gasteiger partial charge is 0.451 e. The molecule has 0 saturated heterocycles. The number of anilines is 1. The number of hydrogen-bond donors (Lipinski definition) is 2. The highest BCUT2D eigenvalue weighted by atomic mass is 32.1. The van der Waals surface area contributed by atoms with Crippen molar-refractivity contribution < 1.29 is 14.0 Å². The van der Waals surface area contributed by atoms with Crippen LogP contribution in [-0.4, -0.2) is 30.9 Å². The summed E-state index contributed by atoms with van der Waals surface area (Å²) in [6.45, 7) is 0. The summed E-state index contributed by atoms with van der Waals surface area (Å²) in [7, 11) is 3.37. The maximum Gasteiger partial charge on any atom is 0.292 e. The Morgan fingerprint density at radius 2 is 1.88 bits per heavy atom. The third-order valence-corrected chi connectivity index (χ3v) is 4.15. The Morgan fingerprint density at radius 1 is 1.12 bits per heavy atom. The van der Waals surface area contributed by atoms with Crippen LogP contribution in [0.2, 0.25) is 0 Å². The molecule has 25 heavy (non-hydrogen) atoms. The van der Waals surface area contributed by atoms with E-state index in [4.69, 9.17) is 4.42 Å². The van der Waals surface area contributed by atoms with Crippen molar-refractivity contribution in [1.82, 2.24) is 10.4 Å². The zero-order chi connectivity index (χ0) is 18.0. The Morgan fingerprint density at radius 3 is 2.64 bits per heavy atom.